The Balaban J connectivity index is 1.99. The fourth-order valence-corrected chi connectivity index (χ4v) is 1.89. The van der Waals surface area contributed by atoms with Gasteiger partial charge >= 0.3 is 17.9 Å². The van der Waals surface area contributed by atoms with E-state index in [0.717, 1.165) is 0 Å². The minimum Gasteiger partial charge on any atom is -0.481 e. The van der Waals surface area contributed by atoms with E-state index in [9.17, 15) is 14.4 Å². The van der Waals surface area contributed by atoms with Crippen molar-refractivity contribution in [1.29, 1.82) is 0 Å². The number of carbonyl (C=O) groups is 3. The van der Waals surface area contributed by atoms with Crippen LogP contribution in [0, 0.1) is 0 Å². The van der Waals surface area contributed by atoms with Crippen LogP contribution in [0.4, 0.5) is 0 Å². The summed E-state index contributed by atoms with van der Waals surface area (Å²) in [4.78, 5) is 33.4. The topological polar surface area (TPSA) is 111 Å². The van der Waals surface area contributed by atoms with Crippen LogP contribution in [0.1, 0.15) is 26.5 Å². The van der Waals surface area contributed by atoms with Crippen molar-refractivity contribution in [3.8, 4) is 5.69 Å². The van der Waals surface area contributed by atoms with Crippen LogP contribution in [-0.4, -0.2) is 38.0 Å². The zero-order valence-electron chi connectivity index (χ0n) is 9.94. The second kappa shape index (κ2) is 4.26. The molecule has 0 spiro atoms. The lowest BCUT2D eigenvalue weighted by atomic mass is 10.1. The van der Waals surface area contributed by atoms with Gasteiger partial charge in [0.05, 0.1) is 12.1 Å². The van der Waals surface area contributed by atoms with Crippen LogP contribution < -0.4 is 0 Å². The summed E-state index contributed by atoms with van der Waals surface area (Å²) in [5.74, 6) is -2.56. The minimum atomic E-state index is -0.937. The molecule has 0 saturated carbocycles. The minimum absolute atomic E-state index is 0.0269. The first-order valence-corrected chi connectivity index (χ1v) is 5.59. The molecule has 20 heavy (non-hydrogen) atoms. The number of fused-ring (bicyclic) bond motifs is 1. The summed E-state index contributed by atoms with van der Waals surface area (Å²) in [6.45, 7) is 0. The molecule has 0 unspecified atom stereocenters. The molecule has 1 N–H and O–H groups in total. The van der Waals surface area contributed by atoms with Crippen molar-refractivity contribution < 1.29 is 24.2 Å². The third-order valence-electron chi connectivity index (χ3n) is 2.78. The van der Waals surface area contributed by atoms with Gasteiger partial charge in [0.1, 0.15) is 0 Å². The number of ether oxygens (including phenoxy) is 1. The van der Waals surface area contributed by atoms with E-state index < -0.39 is 17.9 Å². The van der Waals surface area contributed by atoms with E-state index in [1.807, 2.05) is 0 Å². The van der Waals surface area contributed by atoms with Gasteiger partial charge in [-0.2, -0.15) is 0 Å². The number of cyclic esters (lactones) is 2. The number of carbonyl (C=O) groups excluding carboxylic acids is 2. The van der Waals surface area contributed by atoms with Gasteiger partial charge in [-0.25, -0.2) is 14.3 Å². The van der Waals surface area contributed by atoms with Crippen LogP contribution in [0.15, 0.2) is 24.3 Å². The summed E-state index contributed by atoms with van der Waals surface area (Å²) in [6, 6.07) is 6.37. The molecule has 1 aromatic heterocycles. The number of carboxylic acid groups (broad SMARTS) is 1. The molecule has 0 saturated heterocycles. The lowest BCUT2D eigenvalue weighted by Crippen LogP contribution is -2.08. The normalized spacial score (nSPS) is 13.2. The highest BCUT2D eigenvalue weighted by Crippen LogP contribution is 2.20. The van der Waals surface area contributed by atoms with Crippen molar-refractivity contribution in [2.24, 2.45) is 0 Å². The fraction of sp³-hybridized carbons (Fsp3) is 0.0833. The third kappa shape index (κ3) is 1.83. The Hall–Kier alpha value is -3.03. The first kappa shape index (κ1) is 12.0. The van der Waals surface area contributed by atoms with Gasteiger partial charge in [0.15, 0.2) is 5.69 Å². The summed E-state index contributed by atoms with van der Waals surface area (Å²) in [5.41, 5.74) is 0.946. The fourth-order valence-electron chi connectivity index (χ4n) is 1.89. The lowest BCUT2D eigenvalue weighted by molar-refractivity contribution is -0.136. The molecule has 0 aliphatic carbocycles. The Bertz CT molecular complexity index is 732. The van der Waals surface area contributed by atoms with Gasteiger partial charge in [0.25, 0.3) is 0 Å². The Morgan fingerprint density at radius 1 is 1.20 bits per heavy atom. The molecule has 0 radical (unpaired) electrons. The smallest absolute Gasteiger partial charge is 0.369 e. The zero-order chi connectivity index (χ0) is 14.3. The van der Waals surface area contributed by atoms with E-state index in [1.165, 1.54) is 4.68 Å². The van der Waals surface area contributed by atoms with Gasteiger partial charge in [-0.1, -0.05) is 17.3 Å². The molecule has 3 rings (SSSR count). The molecule has 1 aliphatic heterocycles. The van der Waals surface area contributed by atoms with Crippen LogP contribution in [-0.2, 0) is 16.0 Å². The van der Waals surface area contributed by atoms with Crippen LogP contribution >= 0.6 is 0 Å². The van der Waals surface area contributed by atoms with E-state index in [4.69, 9.17) is 5.11 Å². The molecule has 0 fully saturated rings. The van der Waals surface area contributed by atoms with E-state index in [-0.39, 0.29) is 17.8 Å². The van der Waals surface area contributed by atoms with Gasteiger partial charge in [0, 0.05) is 0 Å². The lowest BCUT2D eigenvalue weighted by Gasteiger charge is -2.03. The van der Waals surface area contributed by atoms with E-state index in [2.05, 4.69) is 15.0 Å². The number of benzene rings is 1. The van der Waals surface area contributed by atoms with Gasteiger partial charge < -0.3 is 9.84 Å². The molecule has 1 aromatic carbocycles. The molecule has 8 nitrogen and oxygen atoms in total. The summed E-state index contributed by atoms with van der Waals surface area (Å²) >= 11 is 0. The Morgan fingerprint density at radius 2 is 1.90 bits per heavy atom. The zero-order valence-corrected chi connectivity index (χ0v) is 9.94. The number of aromatic nitrogens is 3. The summed E-state index contributed by atoms with van der Waals surface area (Å²) < 4.78 is 5.62. The maximum Gasteiger partial charge on any atom is 0.369 e. The number of esters is 2. The Kier molecular flexibility index (Phi) is 2.56. The number of hydrogen-bond acceptors (Lipinski definition) is 6. The van der Waals surface area contributed by atoms with Crippen molar-refractivity contribution >= 4 is 17.9 Å². The summed E-state index contributed by atoms with van der Waals surface area (Å²) in [5, 5.41) is 16.0. The molecule has 0 bridgehead atoms. The highest BCUT2D eigenvalue weighted by atomic mass is 16.6. The van der Waals surface area contributed by atoms with E-state index in [0.29, 0.717) is 11.3 Å². The molecule has 0 atom stereocenters. The maximum atomic E-state index is 11.5. The van der Waals surface area contributed by atoms with Crippen molar-refractivity contribution in [3.63, 3.8) is 0 Å². The molecular formula is C12H7N3O5. The van der Waals surface area contributed by atoms with Gasteiger partial charge in [-0.3, -0.25) is 4.79 Å². The van der Waals surface area contributed by atoms with Crippen molar-refractivity contribution in [1.82, 2.24) is 15.0 Å². The molecule has 2 aromatic rings. The highest BCUT2D eigenvalue weighted by Gasteiger charge is 2.37. The standard InChI is InChI=1S/C12H7N3O5/c16-8(17)5-6-1-3-7(4-2-6)15-10-9(13-14-15)11(18)20-12(10)19/h1-4H,5H2,(H,16,17). The highest BCUT2D eigenvalue weighted by molar-refractivity contribution is 6.12. The molecule has 1 aliphatic rings. The van der Waals surface area contributed by atoms with E-state index in [1.54, 1.807) is 24.3 Å². The largest absolute Gasteiger partial charge is 0.481 e. The predicted molar refractivity (Wildman–Crippen MR) is 62.4 cm³/mol. The molecule has 100 valence electrons. The number of nitrogens with zero attached hydrogens (tertiary/aromatic N) is 3. The third-order valence-corrected chi connectivity index (χ3v) is 2.78. The Morgan fingerprint density at radius 3 is 2.55 bits per heavy atom. The maximum absolute atomic E-state index is 11.5. The van der Waals surface area contributed by atoms with E-state index >= 15 is 0 Å². The van der Waals surface area contributed by atoms with Gasteiger partial charge in [-0.05, 0) is 17.7 Å². The number of carboxylic acids is 1. The number of hydrogen-bond donors (Lipinski definition) is 1. The molecule has 0 amide bonds. The molecule has 2 heterocycles. The number of aliphatic carboxylic acids is 1. The SMILES string of the molecule is O=C(O)Cc1ccc(-n2nnc3c2C(=O)OC3=O)cc1. The first-order chi connectivity index (χ1) is 9.56. The van der Waals surface area contributed by atoms with Gasteiger partial charge in [0.2, 0.25) is 5.69 Å². The van der Waals surface area contributed by atoms with Crippen molar-refractivity contribution in [2.75, 3.05) is 0 Å². The molecular weight excluding hydrogens is 266 g/mol. The monoisotopic (exact) mass is 273 g/mol. The summed E-state index contributed by atoms with van der Waals surface area (Å²) in [6.07, 6.45) is -0.101. The predicted octanol–water partition coefficient (Wildman–Crippen LogP) is 0.205. The number of rotatable bonds is 3. The van der Waals surface area contributed by atoms with Crippen LogP contribution in [0.3, 0.4) is 0 Å². The average Bonchev–Trinajstić information content (AvgIpc) is 2.93. The van der Waals surface area contributed by atoms with Crippen molar-refractivity contribution in [2.45, 2.75) is 6.42 Å². The quantitative estimate of drug-likeness (QED) is 0.628. The molecule has 8 heteroatoms. The van der Waals surface area contributed by atoms with Crippen LogP contribution in [0.5, 0.6) is 0 Å². The summed E-state index contributed by atoms with van der Waals surface area (Å²) in [7, 11) is 0. The second-order valence-electron chi connectivity index (χ2n) is 4.11. The van der Waals surface area contributed by atoms with Gasteiger partial charge in [-0.15, -0.1) is 5.10 Å². The second-order valence-corrected chi connectivity index (χ2v) is 4.11. The Labute approximate surface area is 111 Å². The van der Waals surface area contributed by atoms with Crippen molar-refractivity contribution in [3.05, 3.63) is 41.2 Å². The first-order valence-electron chi connectivity index (χ1n) is 5.59. The van der Waals surface area contributed by atoms with Crippen LogP contribution in [0.25, 0.3) is 5.69 Å². The average molecular weight is 273 g/mol. The van der Waals surface area contributed by atoms with Crippen LogP contribution in [0.2, 0.25) is 0 Å².